The molecule has 1 saturated carbocycles. The molecule has 0 saturated heterocycles. The molecule has 0 aliphatic heterocycles. The van der Waals surface area contributed by atoms with E-state index >= 15 is 0 Å². The Hall–Kier alpha value is -2.18. The highest BCUT2D eigenvalue weighted by Crippen LogP contribution is 2.34. The van der Waals surface area contributed by atoms with E-state index in [0.29, 0.717) is 19.3 Å². The van der Waals surface area contributed by atoms with Gasteiger partial charge in [-0.25, -0.2) is 13.1 Å². The lowest BCUT2D eigenvalue weighted by molar-refractivity contribution is -0.123. The Morgan fingerprint density at radius 1 is 1.10 bits per heavy atom. The molecular formula is C23H30N2O3S. The highest BCUT2D eigenvalue weighted by molar-refractivity contribution is 7.88. The average molecular weight is 415 g/mol. The zero-order valence-corrected chi connectivity index (χ0v) is 18.0. The molecule has 1 aliphatic rings. The summed E-state index contributed by atoms with van der Waals surface area (Å²) in [6.07, 6.45) is 5.22. The molecule has 2 aromatic carbocycles. The lowest BCUT2D eigenvalue weighted by atomic mass is 9.87. The fourth-order valence-electron chi connectivity index (χ4n) is 4.32. The second-order valence-electron chi connectivity index (χ2n) is 8.15. The SMILES string of the molecule is CCCC(=O)N[C@@]1(Cc2cccc(-c3ccccc3)c2)CC[C@H](NS(C)(=O)=O)C1. The van der Waals surface area contributed by atoms with E-state index in [0.717, 1.165) is 36.0 Å². The van der Waals surface area contributed by atoms with Gasteiger partial charge in [-0.3, -0.25) is 4.79 Å². The Bertz CT molecular complexity index is 944. The second-order valence-corrected chi connectivity index (χ2v) is 9.93. The van der Waals surface area contributed by atoms with Crippen LogP contribution in [0.4, 0.5) is 0 Å². The van der Waals surface area contributed by atoms with Crippen LogP contribution in [0.2, 0.25) is 0 Å². The summed E-state index contributed by atoms with van der Waals surface area (Å²) in [6, 6.07) is 18.4. The van der Waals surface area contributed by atoms with Gasteiger partial charge in [0.1, 0.15) is 0 Å². The number of nitrogens with one attached hydrogen (secondary N) is 2. The summed E-state index contributed by atoms with van der Waals surface area (Å²) in [5, 5.41) is 3.24. The van der Waals surface area contributed by atoms with Crippen molar-refractivity contribution in [1.82, 2.24) is 10.0 Å². The topological polar surface area (TPSA) is 75.3 Å². The number of hydrogen-bond acceptors (Lipinski definition) is 3. The van der Waals surface area contributed by atoms with Crippen molar-refractivity contribution < 1.29 is 13.2 Å². The zero-order chi connectivity index (χ0) is 20.9. The summed E-state index contributed by atoms with van der Waals surface area (Å²) in [6.45, 7) is 1.98. The van der Waals surface area contributed by atoms with Gasteiger partial charge in [-0.15, -0.1) is 0 Å². The van der Waals surface area contributed by atoms with Crippen molar-refractivity contribution in [3.8, 4) is 11.1 Å². The quantitative estimate of drug-likeness (QED) is 0.692. The fourth-order valence-corrected chi connectivity index (χ4v) is 5.12. The molecule has 5 nitrogen and oxygen atoms in total. The molecule has 1 amide bonds. The molecule has 0 radical (unpaired) electrons. The lowest BCUT2D eigenvalue weighted by Gasteiger charge is -2.31. The summed E-state index contributed by atoms with van der Waals surface area (Å²) in [7, 11) is -3.27. The minimum atomic E-state index is -3.27. The number of rotatable bonds is 8. The number of hydrogen-bond donors (Lipinski definition) is 2. The Kier molecular flexibility index (Phi) is 6.75. The number of carbonyl (C=O) groups is 1. The maximum absolute atomic E-state index is 12.4. The molecule has 0 aromatic heterocycles. The molecule has 0 spiro atoms. The van der Waals surface area contributed by atoms with E-state index in [1.165, 1.54) is 6.26 Å². The van der Waals surface area contributed by atoms with Gasteiger partial charge in [-0.2, -0.15) is 0 Å². The van der Waals surface area contributed by atoms with E-state index in [1.807, 2.05) is 31.2 Å². The summed E-state index contributed by atoms with van der Waals surface area (Å²) >= 11 is 0. The fraction of sp³-hybridized carbons (Fsp3) is 0.435. The highest BCUT2D eigenvalue weighted by atomic mass is 32.2. The van der Waals surface area contributed by atoms with Crippen LogP contribution in [0.25, 0.3) is 11.1 Å². The van der Waals surface area contributed by atoms with Gasteiger partial charge < -0.3 is 5.32 Å². The summed E-state index contributed by atoms with van der Waals surface area (Å²) in [5.74, 6) is 0.0340. The molecule has 3 rings (SSSR count). The molecule has 2 N–H and O–H groups in total. The Morgan fingerprint density at radius 2 is 1.83 bits per heavy atom. The Morgan fingerprint density at radius 3 is 2.52 bits per heavy atom. The van der Waals surface area contributed by atoms with Gasteiger partial charge in [0, 0.05) is 18.0 Å². The normalized spacial score (nSPS) is 21.8. The van der Waals surface area contributed by atoms with Crippen LogP contribution < -0.4 is 10.0 Å². The molecule has 0 heterocycles. The number of carbonyl (C=O) groups excluding carboxylic acids is 1. The van der Waals surface area contributed by atoms with E-state index in [2.05, 4.69) is 40.4 Å². The predicted octanol–water partition coefficient (Wildman–Crippen LogP) is 3.65. The van der Waals surface area contributed by atoms with Crippen molar-refractivity contribution in [2.24, 2.45) is 0 Å². The molecule has 2 atom stereocenters. The first-order valence-corrected chi connectivity index (χ1v) is 12.1. The smallest absolute Gasteiger partial charge is 0.220 e. The summed E-state index contributed by atoms with van der Waals surface area (Å²) in [4.78, 5) is 12.4. The summed E-state index contributed by atoms with van der Waals surface area (Å²) in [5.41, 5.74) is 3.01. The summed E-state index contributed by atoms with van der Waals surface area (Å²) < 4.78 is 26.1. The Labute approximate surface area is 174 Å². The molecule has 0 unspecified atom stereocenters. The van der Waals surface area contributed by atoms with Gasteiger partial charge in [-0.1, -0.05) is 61.5 Å². The first-order chi connectivity index (χ1) is 13.8. The van der Waals surface area contributed by atoms with E-state index in [1.54, 1.807) is 0 Å². The number of benzene rings is 2. The largest absolute Gasteiger partial charge is 0.350 e. The van der Waals surface area contributed by atoms with Crippen LogP contribution in [0.1, 0.15) is 44.6 Å². The van der Waals surface area contributed by atoms with Crippen molar-refractivity contribution in [1.29, 1.82) is 0 Å². The third-order valence-electron chi connectivity index (χ3n) is 5.45. The van der Waals surface area contributed by atoms with E-state index in [9.17, 15) is 13.2 Å². The van der Waals surface area contributed by atoms with Gasteiger partial charge in [0.15, 0.2) is 0 Å². The van der Waals surface area contributed by atoms with Crippen molar-refractivity contribution in [2.45, 2.75) is 57.0 Å². The molecule has 1 aliphatic carbocycles. The van der Waals surface area contributed by atoms with Crippen molar-refractivity contribution in [3.63, 3.8) is 0 Å². The molecule has 29 heavy (non-hydrogen) atoms. The van der Waals surface area contributed by atoms with Crippen LogP contribution >= 0.6 is 0 Å². The maximum atomic E-state index is 12.4. The van der Waals surface area contributed by atoms with Gasteiger partial charge >= 0.3 is 0 Å². The maximum Gasteiger partial charge on any atom is 0.220 e. The van der Waals surface area contributed by atoms with Crippen LogP contribution in [-0.4, -0.2) is 32.2 Å². The molecule has 6 heteroatoms. The highest BCUT2D eigenvalue weighted by Gasteiger charge is 2.41. The first-order valence-electron chi connectivity index (χ1n) is 10.2. The number of amides is 1. The average Bonchev–Trinajstić information content (AvgIpc) is 3.02. The van der Waals surface area contributed by atoms with Crippen LogP contribution in [0, 0.1) is 0 Å². The van der Waals surface area contributed by atoms with Crippen molar-refractivity contribution in [2.75, 3.05) is 6.26 Å². The van der Waals surface area contributed by atoms with Crippen LogP contribution in [-0.2, 0) is 21.2 Å². The van der Waals surface area contributed by atoms with Gasteiger partial charge in [0.05, 0.1) is 6.26 Å². The van der Waals surface area contributed by atoms with Gasteiger partial charge in [-0.05, 0) is 48.8 Å². The number of sulfonamides is 1. The minimum Gasteiger partial charge on any atom is -0.350 e. The molecule has 0 bridgehead atoms. The second kappa shape index (κ2) is 9.09. The molecular weight excluding hydrogens is 384 g/mol. The minimum absolute atomic E-state index is 0.0340. The zero-order valence-electron chi connectivity index (χ0n) is 17.1. The van der Waals surface area contributed by atoms with Crippen LogP contribution in [0.5, 0.6) is 0 Å². The predicted molar refractivity (Wildman–Crippen MR) is 117 cm³/mol. The monoisotopic (exact) mass is 414 g/mol. The molecule has 2 aromatic rings. The molecule has 1 fully saturated rings. The van der Waals surface area contributed by atoms with Crippen LogP contribution in [0.15, 0.2) is 54.6 Å². The third-order valence-corrected chi connectivity index (χ3v) is 6.21. The third kappa shape index (κ3) is 6.15. The van der Waals surface area contributed by atoms with E-state index < -0.39 is 15.6 Å². The standard InChI is InChI=1S/C23H30N2O3S/c1-3-8-22(26)24-23(14-13-21(17-23)25-29(2,27)28)16-18-9-7-12-20(15-18)19-10-5-4-6-11-19/h4-7,9-12,15,21,25H,3,8,13-14,16-17H2,1-2H3,(H,24,26)/t21-,23+/m0/s1. The first kappa shape index (κ1) is 21.5. The molecule has 156 valence electrons. The lowest BCUT2D eigenvalue weighted by Crippen LogP contribution is -2.49. The van der Waals surface area contributed by atoms with Crippen molar-refractivity contribution in [3.05, 3.63) is 60.2 Å². The van der Waals surface area contributed by atoms with E-state index in [4.69, 9.17) is 0 Å². The van der Waals surface area contributed by atoms with Gasteiger partial charge in [0.2, 0.25) is 15.9 Å². The Balaban J connectivity index is 1.83. The van der Waals surface area contributed by atoms with Gasteiger partial charge in [0.25, 0.3) is 0 Å². The van der Waals surface area contributed by atoms with Crippen molar-refractivity contribution >= 4 is 15.9 Å². The van der Waals surface area contributed by atoms with E-state index in [-0.39, 0.29) is 11.9 Å². The van der Waals surface area contributed by atoms with Crippen LogP contribution in [0.3, 0.4) is 0 Å².